The van der Waals surface area contributed by atoms with E-state index in [4.69, 9.17) is 23.8 Å². The normalized spacial score (nSPS) is 10.8. The van der Waals surface area contributed by atoms with Gasteiger partial charge in [0, 0.05) is 16.9 Å². The first-order chi connectivity index (χ1) is 11.2. The maximum absolute atomic E-state index is 9.35. The van der Waals surface area contributed by atoms with Crippen molar-refractivity contribution >= 4 is 47.2 Å². The molecule has 6 heteroatoms. The second kappa shape index (κ2) is 6.88. The van der Waals surface area contributed by atoms with Crippen LogP contribution in [0.1, 0.15) is 10.4 Å². The quantitative estimate of drug-likeness (QED) is 0.457. The summed E-state index contributed by atoms with van der Waals surface area (Å²) in [5, 5.41) is 10.0. The number of para-hydroxylation sites is 1. The fourth-order valence-corrected chi connectivity index (χ4v) is 3.35. The number of thiazole rings is 1. The molecule has 1 heterocycles. The van der Waals surface area contributed by atoms with Gasteiger partial charge in [-0.3, -0.25) is 4.57 Å². The molecule has 0 radical (unpaired) electrons. The minimum absolute atomic E-state index is 0.490. The van der Waals surface area contributed by atoms with Crippen molar-refractivity contribution in [2.45, 2.75) is 0 Å². The Hall–Kier alpha value is -2.26. The van der Waals surface area contributed by atoms with E-state index in [1.54, 1.807) is 18.3 Å². The van der Waals surface area contributed by atoms with Gasteiger partial charge in [-0.05, 0) is 42.0 Å². The molecule has 1 aromatic heterocycles. The molecule has 3 nitrogen and oxygen atoms in total. The van der Waals surface area contributed by atoms with Crippen LogP contribution in [-0.4, -0.2) is 10.8 Å². The molecule has 3 aromatic rings. The van der Waals surface area contributed by atoms with Crippen LogP contribution in [0, 0.1) is 15.3 Å². The van der Waals surface area contributed by atoms with Gasteiger partial charge in [0.2, 0.25) is 0 Å². The summed E-state index contributed by atoms with van der Waals surface area (Å²) in [6.07, 6.45) is 1.70. The molecule has 0 aliphatic heterocycles. The van der Waals surface area contributed by atoms with Gasteiger partial charge in [-0.25, -0.2) is 4.99 Å². The number of halogens is 1. The van der Waals surface area contributed by atoms with Crippen molar-refractivity contribution in [2.75, 3.05) is 0 Å². The summed E-state index contributed by atoms with van der Waals surface area (Å²) in [5.41, 5.74) is 1.79. The predicted molar refractivity (Wildman–Crippen MR) is 97.9 cm³/mol. The van der Waals surface area contributed by atoms with Crippen molar-refractivity contribution in [3.63, 3.8) is 0 Å². The third-order valence-electron chi connectivity index (χ3n) is 3.11. The summed E-state index contributed by atoms with van der Waals surface area (Å²) < 4.78 is 2.40. The number of benzene rings is 2. The number of nitriles is 1. The molecule has 0 N–H and O–H groups in total. The van der Waals surface area contributed by atoms with Crippen molar-refractivity contribution in [2.24, 2.45) is 4.99 Å². The zero-order chi connectivity index (χ0) is 16.2. The Morgan fingerprint density at radius 2 is 1.83 bits per heavy atom. The van der Waals surface area contributed by atoms with Crippen LogP contribution in [0.5, 0.6) is 0 Å². The van der Waals surface area contributed by atoms with Gasteiger partial charge < -0.3 is 0 Å². The zero-order valence-corrected chi connectivity index (χ0v) is 14.2. The topological polar surface area (TPSA) is 41.1 Å². The van der Waals surface area contributed by atoms with Gasteiger partial charge in [-0.1, -0.05) is 53.3 Å². The smallest absolute Gasteiger partial charge is 0.168 e. The molecule has 0 atom stereocenters. The van der Waals surface area contributed by atoms with Crippen LogP contribution in [-0.2, 0) is 0 Å². The second-order valence-electron chi connectivity index (χ2n) is 4.61. The molecule has 0 aliphatic rings. The Morgan fingerprint density at radius 1 is 1.13 bits per heavy atom. The standard InChI is InChI=1S/C17H10ClN3S2/c18-13-8-6-12(7-9-13)11-20-16-15(10-19)23-17(22)21(16)14-4-2-1-3-5-14/h1-9,11H. The van der Waals surface area contributed by atoms with Gasteiger partial charge in [0.1, 0.15) is 6.07 Å². The van der Waals surface area contributed by atoms with Crippen LogP contribution in [0.25, 0.3) is 5.69 Å². The van der Waals surface area contributed by atoms with Gasteiger partial charge in [0.05, 0.1) is 0 Å². The molecule has 0 saturated heterocycles. The zero-order valence-electron chi connectivity index (χ0n) is 11.8. The fourth-order valence-electron chi connectivity index (χ4n) is 2.05. The second-order valence-corrected chi connectivity index (χ2v) is 6.69. The van der Waals surface area contributed by atoms with Crippen molar-refractivity contribution in [1.82, 2.24) is 4.57 Å². The van der Waals surface area contributed by atoms with Crippen LogP contribution < -0.4 is 0 Å². The molecule has 0 saturated carbocycles. The highest BCUT2D eigenvalue weighted by molar-refractivity contribution is 7.73. The fraction of sp³-hybridized carbons (Fsp3) is 0. The van der Waals surface area contributed by atoms with Crippen molar-refractivity contribution in [3.8, 4) is 11.8 Å². The Balaban J connectivity index is 2.10. The number of aromatic nitrogens is 1. The van der Waals surface area contributed by atoms with Gasteiger partial charge in [0.15, 0.2) is 14.6 Å². The van der Waals surface area contributed by atoms with E-state index < -0.39 is 0 Å². The minimum atomic E-state index is 0.490. The summed E-state index contributed by atoms with van der Waals surface area (Å²) in [7, 11) is 0. The molecule has 0 spiro atoms. The first kappa shape index (κ1) is 15.6. The number of nitrogens with zero attached hydrogens (tertiary/aromatic N) is 3. The van der Waals surface area contributed by atoms with Gasteiger partial charge >= 0.3 is 0 Å². The van der Waals surface area contributed by atoms with E-state index in [9.17, 15) is 5.26 Å². The van der Waals surface area contributed by atoms with Crippen molar-refractivity contribution < 1.29 is 0 Å². The molecule has 0 unspecified atom stereocenters. The first-order valence-corrected chi connectivity index (χ1v) is 8.30. The average molecular weight is 356 g/mol. The van der Waals surface area contributed by atoms with Crippen LogP contribution in [0.3, 0.4) is 0 Å². The summed E-state index contributed by atoms with van der Waals surface area (Å²) in [5.74, 6) is 0.545. The summed E-state index contributed by atoms with van der Waals surface area (Å²) in [4.78, 5) is 4.98. The van der Waals surface area contributed by atoms with Crippen LogP contribution in [0.15, 0.2) is 59.6 Å². The number of hydrogen-bond acceptors (Lipinski definition) is 4. The summed E-state index contributed by atoms with van der Waals surface area (Å²) in [6, 6.07) is 19.1. The Labute approximate surface area is 147 Å². The highest BCUT2D eigenvalue weighted by Crippen LogP contribution is 2.30. The SMILES string of the molecule is N#Cc1sc(=S)n(-c2ccccc2)c1N=Cc1ccc(Cl)cc1. The maximum Gasteiger partial charge on any atom is 0.168 e. The number of hydrogen-bond donors (Lipinski definition) is 0. The van der Waals surface area contributed by atoms with E-state index in [0.29, 0.717) is 19.7 Å². The first-order valence-electron chi connectivity index (χ1n) is 6.70. The molecule has 112 valence electrons. The van der Waals surface area contributed by atoms with E-state index in [1.165, 1.54) is 11.3 Å². The lowest BCUT2D eigenvalue weighted by Crippen LogP contribution is -1.93. The highest BCUT2D eigenvalue weighted by Gasteiger charge is 2.12. The molecule has 0 fully saturated rings. The molecule has 0 amide bonds. The monoisotopic (exact) mass is 355 g/mol. The van der Waals surface area contributed by atoms with E-state index in [2.05, 4.69) is 11.1 Å². The van der Waals surface area contributed by atoms with E-state index in [-0.39, 0.29) is 0 Å². The van der Waals surface area contributed by atoms with Crippen LogP contribution in [0.2, 0.25) is 5.02 Å². The lowest BCUT2D eigenvalue weighted by Gasteiger charge is -2.05. The highest BCUT2D eigenvalue weighted by atomic mass is 35.5. The van der Waals surface area contributed by atoms with Gasteiger partial charge in [-0.15, -0.1) is 0 Å². The predicted octanol–water partition coefficient (Wildman–Crippen LogP) is 5.54. The van der Waals surface area contributed by atoms with E-state index in [0.717, 1.165) is 11.3 Å². The third-order valence-corrected chi connectivity index (χ3v) is 4.63. The lowest BCUT2D eigenvalue weighted by molar-refractivity contribution is 1.06. The Bertz CT molecular complexity index is 948. The number of aliphatic imine (C=N–C) groups is 1. The molecule has 3 rings (SSSR count). The molecule has 0 aliphatic carbocycles. The van der Waals surface area contributed by atoms with E-state index >= 15 is 0 Å². The molecular weight excluding hydrogens is 346 g/mol. The van der Waals surface area contributed by atoms with Gasteiger partial charge in [0.25, 0.3) is 0 Å². The van der Waals surface area contributed by atoms with Crippen LogP contribution in [0.4, 0.5) is 5.82 Å². The minimum Gasteiger partial charge on any atom is -0.275 e. The largest absolute Gasteiger partial charge is 0.275 e. The average Bonchev–Trinajstić information content (AvgIpc) is 2.91. The summed E-state index contributed by atoms with van der Waals surface area (Å²) in [6.45, 7) is 0. The summed E-state index contributed by atoms with van der Waals surface area (Å²) >= 11 is 12.5. The van der Waals surface area contributed by atoms with Crippen molar-refractivity contribution in [3.05, 3.63) is 74.0 Å². The molecule has 23 heavy (non-hydrogen) atoms. The number of rotatable bonds is 3. The lowest BCUT2D eigenvalue weighted by atomic mass is 10.2. The van der Waals surface area contributed by atoms with Gasteiger partial charge in [-0.2, -0.15) is 5.26 Å². The Kier molecular flexibility index (Phi) is 4.68. The molecule has 0 bridgehead atoms. The van der Waals surface area contributed by atoms with Crippen molar-refractivity contribution in [1.29, 1.82) is 5.26 Å². The van der Waals surface area contributed by atoms with E-state index in [1.807, 2.05) is 47.0 Å². The molecule has 2 aromatic carbocycles. The molecular formula is C17H10ClN3S2. The maximum atomic E-state index is 9.35. The van der Waals surface area contributed by atoms with Crippen LogP contribution >= 0.6 is 35.2 Å². The third kappa shape index (κ3) is 3.40. The Morgan fingerprint density at radius 3 is 2.48 bits per heavy atom.